The van der Waals surface area contributed by atoms with Gasteiger partial charge in [-0.3, -0.25) is 4.79 Å². The van der Waals surface area contributed by atoms with Crippen LogP contribution in [0.25, 0.3) is 0 Å². The minimum absolute atomic E-state index is 0.0506. The second kappa shape index (κ2) is 6.18. The van der Waals surface area contributed by atoms with E-state index in [1.54, 1.807) is 24.3 Å². The summed E-state index contributed by atoms with van der Waals surface area (Å²) in [5, 5.41) is 11.2. The summed E-state index contributed by atoms with van der Waals surface area (Å²) in [5.41, 5.74) is 0.588. The lowest BCUT2D eigenvalue weighted by atomic mass is 10.3. The van der Waals surface area contributed by atoms with Gasteiger partial charge in [0, 0.05) is 5.69 Å². The Morgan fingerprint density at radius 1 is 1.35 bits per heavy atom. The van der Waals surface area contributed by atoms with E-state index in [2.05, 4.69) is 11.2 Å². The molecular weight excluding hydrogens is 220 g/mol. The number of anilines is 1. The van der Waals surface area contributed by atoms with Crippen LogP contribution in [0.5, 0.6) is 0 Å². The van der Waals surface area contributed by atoms with Crippen LogP contribution in [0.4, 0.5) is 10.5 Å². The number of aliphatic carboxylic acids is 1. The average Bonchev–Trinajstić information content (AvgIpc) is 2.29. The minimum Gasteiger partial charge on any atom is -0.480 e. The SMILES string of the molecule is C#CCN(CC(=O)O)C(=O)Nc1ccccc1. The van der Waals surface area contributed by atoms with Crippen LogP contribution in [0.2, 0.25) is 0 Å². The van der Waals surface area contributed by atoms with Gasteiger partial charge in [0.25, 0.3) is 0 Å². The fourth-order valence-corrected chi connectivity index (χ4v) is 1.20. The number of carbonyl (C=O) groups is 2. The second-order valence-corrected chi connectivity index (χ2v) is 3.25. The quantitative estimate of drug-likeness (QED) is 0.767. The van der Waals surface area contributed by atoms with Gasteiger partial charge in [-0.2, -0.15) is 0 Å². The Bertz CT molecular complexity index is 437. The van der Waals surface area contributed by atoms with Crippen molar-refractivity contribution < 1.29 is 14.7 Å². The number of urea groups is 1. The van der Waals surface area contributed by atoms with Gasteiger partial charge in [0.05, 0.1) is 6.54 Å². The van der Waals surface area contributed by atoms with Crippen molar-refractivity contribution >= 4 is 17.7 Å². The summed E-state index contributed by atoms with van der Waals surface area (Å²) in [7, 11) is 0. The number of carboxylic acids is 1. The molecule has 0 heterocycles. The number of carboxylic acid groups (broad SMARTS) is 1. The van der Waals surface area contributed by atoms with Gasteiger partial charge in [-0.15, -0.1) is 6.42 Å². The van der Waals surface area contributed by atoms with Gasteiger partial charge in [-0.1, -0.05) is 24.1 Å². The molecule has 0 aliphatic carbocycles. The van der Waals surface area contributed by atoms with Crippen LogP contribution >= 0.6 is 0 Å². The van der Waals surface area contributed by atoms with Crippen molar-refractivity contribution in [2.75, 3.05) is 18.4 Å². The Labute approximate surface area is 99.0 Å². The standard InChI is InChI=1S/C12H12N2O3/c1-2-8-14(9-11(15)16)12(17)13-10-6-4-3-5-7-10/h1,3-7H,8-9H2,(H,13,17)(H,15,16). The first kappa shape index (κ1) is 12.6. The highest BCUT2D eigenvalue weighted by atomic mass is 16.4. The van der Waals surface area contributed by atoms with Crippen LogP contribution in [0.1, 0.15) is 0 Å². The summed E-state index contributed by atoms with van der Waals surface area (Å²) < 4.78 is 0. The smallest absolute Gasteiger partial charge is 0.323 e. The molecule has 1 aromatic carbocycles. The predicted octanol–water partition coefficient (Wildman–Crippen LogP) is 1.24. The zero-order valence-electron chi connectivity index (χ0n) is 9.09. The lowest BCUT2D eigenvalue weighted by Crippen LogP contribution is -2.38. The molecule has 0 fully saturated rings. The van der Waals surface area contributed by atoms with E-state index in [9.17, 15) is 9.59 Å². The predicted molar refractivity (Wildman–Crippen MR) is 63.5 cm³/mol. The van der Waals surface area contributed by atoms with Crippen molar-refractivity contribution in [3.8, 4) is 12.3 Å². The van der Waals surface area contributed by atoms with Crippen LogP contribution < -0.4 is 5.32 Å². The molecule has 5 nitrogen and oxygen atoms in total. The second-order valence-electron chi connectivity index (χ2n) is 3.25. The lowest BCUT2D eigenvalue weighted by molar-refractivity contribution is -0.137. The first-order valence-corrected chi connectivity index (χ1v) is 4.89. The summed E-state index contributed by atoms with van der Waals surface area (Å²) >= 11 is 0. The van der Waals surface area contributed by atoms with E-state index in [-0.39, 0.29) is 6.54 Å². The highest BCUT2D eigenvalue weighted by Gasteiger charge is 2.15. The number of terminal acetylenes is 1. The van der Waals surface area contributed by atoms with Crippen LogP contribution in [0.15, 0.2) is 30.3 Å². The normalized spacial score (nSPS) is 9.12. The highest BCUT2D eigenvalue weighted by molar-refractivity contribution is 5.91. The van der Waals surface area contributed by atoms with Crippen LogP contribution in [0, 0.1) is 12.3 Å². The summed E-state index contributed by atoms with van der Waals surface area (Å²) in [6.07, 6.45) is 5.07. The van der Waals surface area contributed by atoms with E-state index in [1.807, 2.05) is 6.07 Å². The molecule has 0 atom stereocenters. The third-order valence-electron chi connectivity index (χ3n) is 1.92. The molecule has 1 rings (SSSR count). The number of benzene rings is 1. The molecule has 1 aromatic rings. The topological polar surface area (TPSA) is 69.6 Å². The summed E-state index contributed by atoms with van der Waals surface area (Å²) in [6, 6.07) is 8.21. The molecule has 5 heteroatoms. The molecule has 88 valence electrons. The summed E-state index contributed by atoms with van der Waals surface area (Å²) in [6.45, 7) is -0.478. The number of hydrogen-bond donors (Lipinski definition) is 2. The van der Waals surface area contributed by atoms with Crippen LogP contribution in [-0.2, 0) is 4.79 Å². The molecule has 0 radical (unpaired) electrons. The minimum atomic E-state index is -1.11. The molecule has 0 bridgehead atoms. The average molecular weight is 232 g/mol. The highest BCUT2D eigenvalue weighted by Crippen LogP contribution is 2.06. The van der Waals surface area contributed by atoms with Gasteiger partial charge in [0.15, 0.2) is 0 Å². The van der Waals surface area contributed by atoms with Gasteiger partial charge >= 0.3 is 12.0 Å². The monoisotopic (exact) mass is 232 g/mol. The third kappa shape index (κ3) is 4.26. The Hall–Kier alpha value is -2.48. The largest absolute Gasteiger partial charge is 0.480 e. The molecule has 0 spiro atoms. The van der Waals surface area contributed by atoms with E-state index >= 15 is 0 Å². The number of nitrogens with zero attached hydrogens (tertiary/aromatic N) is 1. The van der Waals surface area contributed by atoms with Crippen molar-refractivity contribution in [2.45, 2.75) is 0 Å². The maximum Gasteiger partial charge on any atom is 0.323 e. The maximum atomic E-state index is 11.7. The van der Waals surface area contributed by atoms with Gasteiger partial charge in [-0.05, 0) is 12.1 Å². The number of amides is 2. The van der Waals surface area contributed by atoms with E-state index < -0.39 is 18.5 Å². The van der Waals surface area contributed by atoms with E-state index in [4.69, 9.17) is 11.5 Å². The molecule has 0 unspecified atom stereocenters. The fourth-order valence-electron chi connectivity index (χ4n) is 1.20. The number of rotatable bonds is 4. The van der Waals surface area contributed by atoms with Crippen molar-refractivity contribution in [2.24, 2.45) is 0 Å². The molecule has 2 N–H and O–H groups in total. The van der Waals surface area contributed by atoms with E-state index in [1.165, 1.54) is 0 Å². The van der Waals surface area contributed by atoms with Gasteiger partial charge in [0.1, 0.15) is 6.54 Å². The fraction of sp³-hybridized carbons (Fsp3) is 0.167. The Morgan fingerprint density at radius 2 is 2.00 bits per heavy atom. The maximum absolute atomic E-state index is 11.7. The summed E-state index contributed by atoms with van der Waals surface area (Å²) in [4.78, 5) is 23.3. The van der Waals surface area contributed by atoms with Gasteiger partial charge in [0.2, 0.25) is 0 Å². The molecule has 0 aromatic heterocycles. The van der Waals surface area contributed by atoms with Gasteiger partial charge < -0.3 is 15.3 Å². The van der Waals surface area contributed by atoms with E-state index in [0.717, 1.165) is 4.90 Å². The van der Waals surface area contributed by atoms with Gasteiger partial charge in [-0.25, -0.2) is 4.79 Å². The number of para-hydroxylation sites is 1. The molecule has 0 aliphatic heterocycles. The van der Waals surface area contributed by atoms with Crippen molar-refractivity contribution in [3.63, 3.8) is 0 Å². The van der Waals surface area contributed by atoms with Crippen molar-refractivity contribution in [3.05, 3.63) is 30.3 Å². The first-order chi connectivity index (χ1) is 8.13. The van der Waals surface area contributed by atoms with E-state index in [0.29, 0.717) is 5.69 Å². The third-order valence-corrected chi connectivity index (χ3v) is 1.92. The van der Waals surface area contributed by atoms with Crippen LogP contribution in [0.3, 0.4) is 0 Å². The molecule has 0 saturated heterocycles. The zero-order chi connectivity index (χ0) is 12.7. The Morgan fingerprint density at radius 3 is 2.53 bits per heavy atom. The zero-order valence-corrected chi connectivity index (χ0v) is 9.09. The molecule has 0 aliphatic rings. The van der Waals surface area contributed by atoms with Crippen LogP contribution in [-0.4, -0.2) is 35.1 Å². The van der Waals surface area contributed by atoms with Crippen molar-refractivity contribution in [1.82, 2.24) is 4.90 Å². The molecule has 17 heavy (non-hydrogen) atoms. The number of hydrogen-bond acceptors (Lipinski definition) is 2. The number of nitrogens with one attached hydrogen (secondary N) is 1. The van der Waals surface area contributed by atoms with Crippen molar-refractivity contribution in [1.29, 1.82) is 0 Å². The summed E-state index contributed by atoms with van der Waals surface area (Å²) in [5.74, 6) is 1.13. The Kier molecular flexibility index (Phi) is 4.58. The lowest BCUT2D eigenvalue weighted by Gasteiger charge is -2.18. The molecular formula is C12H12N2O3. The first-order valence-electron chi connectivity index (χ1n) is 4.89. The molecule has 2 amide bonds. The number of carbonyl (C=O) groups excluding carboxylic acids is 1. The molecule has 0 saturated carbocycles. The Balaban J connectivity index is 2.66.